The Morgan fingerprint density at radius 2 is 2.05 bits per heavy atom. The molecule has 1 N–H and O–H groups in total. The fourth-order valence-electron chi connectivity index (χ4n) is 1.97. The third-order valence-electron chi connectivity index (χ3n) is 2.98. The summed E-state index contributed by atoms with van der Waals surface area (Å²) in [4.78, 5) is 0.464. The van der Waals surface area contributed by atoms with Gasteiger partial charge in [0.05, 0.1) is 23.0 Å². The van der Waals surface area contributed by atoms with Gasteiger partial charge in [-0.2, -0.15) is 4.31 Å². The van der Waals surface area contributed by atoms with Crippen molar-refractivity contribution < 1.29 is 21.9 Å². The topological polar surface area (TPSA) is 91.8 Å². The quantitative estimate of drug-likeness (QED) is 0.848. The number of aliphatic hydroxyl groups is 1. The lowest BCUT2D eigenvalue weighted by atomic mass is 10.5. The number of hydrogen-bond acceptors (Lipinski definition) is 6. The van der Waals surface area contributed by atoms with Crippen molar-refractivity contribution in [2.75, 3.05) is 24.6 Å². The summed E-state index contributed by atoms with van der Waals surface area (Å²) in [5.74, 6) is -0.125. The van der Waals surface area contributed by atoms with Crippen LogP contribution in [0.5, 0.6) is 0 Å². The molecule has 0 atom stereocenters. The third-order valence-corrected chi connectivity index (χ3v) is 7.71. The molecule has 19 heavy (non-hydrogen) atoms. The zero-order valence-corrected chi connectivity index (χ0v) is 12.6. The van der Waals surface area contributed by atoms with Gasteiger partial charge in [0.2, 0.25) is 10.0 Å². The Morgan fingerprint density at radius 3 is 2.74 bits per heavy atom. The van der Waals surface area contributed by atoms with Crippen molar-refractivity contribution in [2.24, 2.45) is 0 Å². The molecule has 9 heteroatoms. The maximum absolute atomic E-state index is 12.4. The molecule has 108 valence electrons. The molecule has 0 spiro atoms. The molecule has 2 heterocycles. The Kier molecular flexibility index (Phi) is 4.31. The van der Waals surface area contributed by atoms with Crippen LogP contribution < -0.4 is 0 Å². The first kappa shape index (κ1) is 14.9. The van der Waals surface area contributed by atoms with Crippen molar-refractivity contribution in [3.05, 3.63) is 16.3 Å². The third kappa shape index (κ3) is 3.16. The van der Waals surface area contributed by atoms with E-state index in [-0.39, 0.29) is 36.1 Å². The van der Waals surface area contributed by atoms with E-state index in [9.17, 15) is 16.8 Å². The largest absolute Gasteiger partial charge is 0.391 e. The van der Waals surface area contributed by atoms with E-state index in [0.717, 1.165) is 0 Å². The average Bonchev–Trinajstić information content (AvgIpc) is 2.74. The van der Waals surface area contributed by atoms with Gasteiger partial charge in [0.1, 0.15) is 0 Å². The predicted octanol–water partition coefficient (Wildman–Crippen LogP) is 0.0496. The van der Waals surface area contributed by atoms with Crippen LogP contribution in [-0.4, -0.2) is 50.8 Å². The zero-order valence-electron chi connectivity index (χ0n) is 10.1. The minimum atomic E-state index is -3.72. The Hall–Kier alpha value is -0.480. The highest BCUT2D eigenvalue weighted by Crippen LogP contribution is 2.26. The van der Waals surface area contributed by atoms with Crippen molar-refractivity contribution in [3.8, 4) is 0 Å². The second kappa shape index (κ2) is 5.49. The second-order valence-electron chi connectivity index (χ2n) is 4.28. The SMILES string of the molecule is O=S1(=O)CCCN(S(=O)(=O)c2ccsc2CO)CC1. The Labute approximate surface area is 116 Å². The fourth-order valence-corrected chi connectivity index (χ4v) is 6.10. The van der Waals surface area contributed by atoms with Crippen molar-refractivity contribution in [3.63, 3.8) is 0 Å². The smallest absolute Gasteiger partial charge is 0.244 e. The Morgan fingerprint density at radius 1 is 1.32 bits per heavy atom. The predicted molar refractivity (Wildman–Crippen MR) is 72.3 cm³/mol. The second-order valence-corrected chi connectivity index (χ2v) is 9.49. The molecule has 2 rings (SSSR count). The lowest BCUT2D eigenvalue weighted by Gasteiger charge is -2.19. The van der Waals surface area contributed by atoms with Crippen LogP contribution in [0.4, 0.5) is 0 Å². The summed E-state index contributed by atoms with van der Waals surface area (Å²) >= 11 is 1.17. The van der Waals surface area contributed by atoms with E-state index >= 15 is 0 Å². The summed E-state index contributed by atoms with van der Waals surface area (Å²) in [5, 5.41) is 10.7. The maximum Gasteiger partial charge on any atom is 0.244 e. The summed E-state index contributed by atoms with van der Waals surface area (Å²) in [6.07, 6.45) is 0.306. The highest BCUT2D eigenvalue weighted by atomic mass is 32.2. The van der Waals surface area contributed by atoms with Gasteiger partial charge in [0.25, 0.3) is 0 Å². The van der Waals surface area contributed by atoms with Gasteiger partial charge < -0.3 is 5.11 Å². The molecular weight excluding hydrogens is 310 g/mol. The molecule has 0 amide bonds. The monoisotopic (exact) mass is 325 g/mol. The number of rotatable bonds is 3. The molecule has 1 saturated heterocycles. The Bertz CT molecular complexity index is 646. The minimum absolute atomic E-state index is 0.0224. The van der Waals surface area contributed by atoms with Crippen LogP contribution in [-0.2, 0) is 26.5 Å². The number of aliphatic hydroxyl groups excluding tert-OH is 1. The molecule has 0 unspecified atom stereocenters. The summed E-state index contributed by atoms with van der Waals surface area (Å²) in [6, 6.07) is 1.45. The van der Waals surface area contributed by atoms with Gasteiger partial charge in [-0.3, -0.25) is 0 Å². The molecule has 0 bridgehead atoms. The van der Waals surface area contributed by atoms with Crippen LogP contribution in [0, 0.1) is 0 Å². The first-order chi connectivity index (χ1) is 8.87. The van der Waals surface area contributed by atoms with Gasteiger partial charge in [0, 0.05) is 18.0 Å². The Balaban J connectivity index is 2.30. The number of thiophene rings is 1. The normalized spacial score (nSPS) is 21.1. The number of sulfone groups is 1. The number of sulfonamides is 1. The van der Waals surface area contributed by atoms with Crippen molar-refractivity contribution >= 4 is 31.2 Å². The van der Waals surface area contributed by atoms with Crippen LogP contribution in [0.2, 0.25) is 0 Å². The first-order valence-electron chi connectivity index (χ1n) is 5.74. The van der Waals surface area contributed by atoms with Crippen molar-refractivity contribution in [1.82, 2.24) is 4.31 Å². The number of nitrogens with zero attached hydrogens (tertiary/aromatic N) is 1. The molecule has 1 aromatic heterocycles. The molecule has 0 saturated carbocycles. The lowest BCUT2D eigenvalue weighted by Crippen LogP contribution is -2.33. The summed E-state index contributed by atoms with van der Waals surface area (Å²) in [5.41, 5.74) is 0. The summed E-state index contributed by atoms with van der Waals surface area (Å²) in [6.45, 7) is -0.161. The van der Waals surface area contributed by atoms with Gasteiger partial charge >= 0.3 is 0 Å². The molecule has 1 aromatic rings. The minimum Gasteiger partial charge on any atom is -0.391 e. The average molecular weight is 325 g/mol. The van der Waals surface area contributed by atoms with Crippen LogP contribution in [0.3, 0.4) is 0 Å². The number of hydrogen-bond donors (Lipinski definition) is 1. The fraction of sp³-hybridized carbons (Fsp3) is 0.600. The van der Waals surface area contributed by atoms with Gasteiger partial charge in [-0.15, -0.1) is 11.3 Å². The molecule has 1 fully saturated rings. The van der Waals surface area contributed by atoms with Crippen molar-refractivity contribution in [1.29, 1.82) is 0 Å². The van der Waals surface area contributed by atoms with Crippen LogP contribution in [0.15, 0.2) is 16.3 Å². The molecule has 0 aromatic carbocycles. The molecule has 1 aliphatic rings. The van der Waals surface area contributed by atoms with E-state index < -0.39 is 19.9 Å². The van der Waals surface area contributed by atoms with E-state index in [4.69, 9.17) is 5.11 Å². The highest BCUT2D eigenvalue weighted by molar-refractivity contribution is 7.91. The summed E-state index contributed by atoms with van der Waals surface area (Å²) in [7, 11) is -6.87. The van der Waals surface area contributed by atoms with E-state index in [0.29, 0.717) is 11.3 Å². The molecule has 6 nitrogen and oxygen atoms in total. The van der Waals surface area contributed by atoms with E-state index in [1.54, 1.807) is 5.38 Å². The standard InChI is InChI=1S/C10H15NO5S3/c12-8-9-10(2-5-17-9)19(15,16)11-3-1-6-18(13,14)7-4-11/h2,5,12H,1,3-4,6-8H2. The first-order valence-corrected chi connectivity index (χ1v) is 9.89. The highest BCUT2D eigenvalue weighted by Gasteiger charge is 2.30. The molecule has 0 aliphatic carbocycles. The molecular formula is C10H15NO5S3. The van der Waals surface area contributed by atoms with Crippen LogP contribution in [0.1, 0.15) is 11.3 Å². The van der Waals surface area contributed by atoms with Crippen molar-refractivity contribution in [2.45, 2.75) is 17.9 Å². The van der Waals surface area contributed by atoms with Gasteiger partial charge in [0.15, 0.2) is 9.84 Å². The van der Waals surface area contributed by atoms with E-state index in [1.807, 2.05) is 0 Å². The zero-order chi connectivity index (χ0) is 14.1. The van der Waals surface area contributed by atoms with Gasteiger partial charge in [-0.25, -0.2) is 16.8 Å². The van der Waals surface area contributed by atoms with Crippen LogP contribution in [0.25, 0.3) is 0 Å². The molecule has 1 aliphatic heterocycles. The molecule has 0 radical (unpaired) electrons. The van der Waals surface area contributed by atoms with Gasteiger partial charge in [-0.05, 0) is 17.9 Å². The van der Waals surface area contributed by atoms with Gasteiger partial charge in [-0.1, -0.05) is 0 Å². The van der Waals surface area contributed by atoms with E-state index in [2.05, 4.69) is 0 Å². The maximum atomic E-state index is 12.4. The van der Waals surface area contributed by atoms with Crippen LogP contribution >= 0.6 is 11.3 Å². The van der Waals surface area contributed by atoms with E-state index in [1.165, 1.54) is 21.7 Å². The summed E-state index contributed by atoms with van der Waals surface area (Å²) < 4.78 is 49.0. The lowest BCUT2D eigenvalue weighted by molar-refractivity contribution is 0.282.